The Morgan fingerprint density at radius 2 is 1.64 bits per heavy atom. The van der Waals surface area contributed by atoms with Crippen molar-refractivity contribution in [1.29, 1.82) is 0 Å². The smallest absolute Gasteiger partial charge is 0.412 e. The van der Waals surface area contributed by atoms with Crippen LogP contribution in [0.3, 0.4) is 0 Å². The van der Waals surface area contributed by atoms with Gasteiger partial charge in [0, 0.05) is 36.4 Å². The van der Waals surface area contributed by atoms with Crippen molar-refractivity contribution in [2.45, 2.75) is 78.4 Å². The molecular weight excluding hydrogens is 570 g/mol. The van der Waals surface area contributed by atoms with Crippen LogP contribution in [0.4, 0.5) is 16.2 Å². The fourth-order valence-electron chi connectivity index (χ4n) is 5.69. The van der Waals surface area contributed by atoms with Crippen molar-refractivity contribution in [3.8, 4) is 23.0 Å². The van der Waals surface area contributed by atoms with Crippen LogP contribution in [0, 0.1) is 6.92 Å². The molecule has 1 aliphatic heterocycles. The second-order valence-electron chi connectivity index (χ2n) is 11.5. The Morgan fingerprint density at radius 3 is 2.24 bits per heavy atom. The Labute approximate surface area is 267 Å². The summed E-state index contributed by atoms with van der Waals surface area (Å²) in [6.07, 6.45) is 5.09. The lowest BCUT2D eigenvalue weighted by Crippen LogP contribution is -2.38. The molecule has 3 aromatic rings. The molecule has 9 nitrogen and oxygen atoms in total. The zero-order valence-corrected chi connectivity index (χ0v) is 27.2. The van der Waals surface area contributed by atoms with Gasteiger partial charge >= 0.3 is 6.09 Å². The monoisotopic (exact) mass is 617 g/mol. The molecular formula is C36H47N3O6. The summed E-state index contributed by atoms with van der Waals surface area (Å²) in [6, 6.07) is 17.6. The van der Waals surface area contributed by atoms with Crippen molar-refractivity contribution >= 4 is 23.4 Å². The minimum absolute atomic E-state index is 0.139. The Bertz CT molecular complexity index is 1410. The first-order chi connectivity index (χ1) is 21.8. The topological polar surface area (TPSA) is 101 Å². The third kappa shape index (κ3) is 8.91. The molecule has 0 unspecified atom stereocenters. The van der Waals surface area contributed by atoms with Crippen LogP contribution >= 0.6 is 0 Å². The number of likely N-dealkylation sites (tertiary alicyclic amines) is 1. The molecule has 0 aromatic heterocycles. The standard InChI is InChI=1S/C36H47N3O6/c1-6-9-20-38-21-18-31(19-22-38)44-32-16-10-26(23-25(32)4)35(40)37-27-11-14-30(15-12-27)45-33-17-13-29(24-34(33)43-5)39(36(41)42)28(7-2)8-3/h10-17,23-24,28,31H,6-9,18-22H2,1-5H3,(H,37,40)(H,41,42). The lowest BCUT2D eigenvalue weighted by Gasteiger charge is -2.32. The molecule has 1 saturated heterocycles. The molecule has 0 aliphatic carbocycles. The quantitative estimate of drug-likeness (QED) is 0.187. The molecule has 0 spiro atoms. The van der Waals surface area contributed by atoms with E-state index in [0.29, 0.717) is 47.0 Å². The highest BCUT2D eigenvalue weighted by Gasteiger charge is 2.24. The van der Waals surface area contributed by atoms with Gasteiger partial charge in [0.1, 0.15) is 17.6 Å². The molecule has 0 radical (unpaired) electrons. The zero-order chi connectivity index (χ0) is 32.3. The van der Waals surface area contributed by atoms with Crippen LogP contribution in [0.15, 0.2) is 60.7 Å². The van der Waals surface area contributed by atoms with E-state index in [2.05, 4.69) is 17.1 Å². The average molecular weight is 618 g/mol. The van der Waals surface area contributed by atoms with E-state index >= 15 is 0 Å². The van der Waals surface area contributed by atoms with Gasteiger partial charge in [-0.25, -0.2) is 4.79 Å². The fourth-order valence-corrected chi connectivity index (χ4v) is 5.69. The number of hydrogen-bond donors (Lipinski definition) is 2. The summed E-state index contributed by atoms with van der Waals surface area (Å²) in [6.45, 7) is 11.4. The second-order valence-corrected chi connectivity index (χ2v) is 11.5. The molecule has 0 bridgehead atoms. The average Bonchev–Trinajstić information content (AvgIpc) is 3.05. The number of carbonyl (C=O) groups excluding carboxylic acids is 1. The summed E-state index contributed by atoms with van der Waals surface area (Å²) >= 11 is 0. The van der Waals surface area contributed by atoms with E-state index in [-0.39, 0.29) is 18.1 Å². The maximum absolute atomic E-state index is 13.0. The van der Waals surface area contributed by atoms with E-state index in [1.165, 1.54) is 24.9 Å². The van der Waals surface area contributed by atoms with Crippen molar-refractivity contribution in [2.24, 2.45) is 0 Å². The van der Waals surface area contributed by atoms with Crippen LogP contribution in [0.5, 0.6) is 23.0 Å². The number of carbonyl (C=O) groups is 2. The van der Waals surface area contributed by atoms with E-state index in [0.717, 1.165) is 43.8 Å². The van der Waals surface area contributed by atoms with Gasteiger partial charge in [-0.3, -0.25) is 9.69 Å². The van der Waals surface area contributed by atoms with Crippen LogP contribution in [0.25, 0.3) is 0 Å². The summed E-state index contributed by atoms with van der Waals surface area (Å²) in [7, 11) is 1.52. The van der Waals surface area contributed by atoms with Gasteiger partial charge in [-0.15, -0.1) is 0 Å². The number of carboxylic acid groups (broad SMARTS) is 1. The van der Waals surface area contributed by atoms with Crippen LogP contribution < -0.4 is 24.4 Å². The van der Waals surface area contributed by atoms with Crippen LogP contribution in [-0.2, 0) is 0 Å². The summed E-state index contributed by atoms with van der Waals surface area (Å²) in [5.41, 5.74) is 2.65. The maximum atomic E-state index is 13.0. The van der Waals surface area contributed by atoms with Crippen molar-refractivity contribution in [3.05, 3.63) is 71.8 Å². The molecule has 1 aliphatic rings. The fraction of sp³-hybridized carbons (Fsp3) is 0.444. The Morgan fingerprint density at radius 1 is 0.956 bits per heavy atom. The first-order valence-electron chi connectivity index (χ1n) is 16.0. The molecule has 1 heterocycles. The van der Waals surface area contributed by atoms with Crippen LogP contribution in [0.2, 0.25) is 0 Å². The van der Waals surface area contributed by atoms with E-state index in [1.807, 2.05) is 32.9 Å². The third-order valence-corrected chi connectivity index (χ3v) is 8.37. The first kappa shape index (κ1) is 33.6. The minimum Gasteiger partial charge on any atom is -0.493 e. The number of unbranched alkanes of at least 4 members (excludes halogenated alkanes) is 1. The van der Waals surface area contributed by atoms with Gasteiger partial charge in [0.05, 0.1) is 12.8 Å². The number of nitrogens with zero attached hydrogens (tertiary/aromatic N) is 2. The lowest BCUT2D eigenvalue weighted by atomic mass is 10.1. The van der Waals surface area contributed by atoms with E-state index in [9.17, 15) is 14.7 Å². The molecule has 45 heavy (non-hydrogen) atoms. The molecule has 0 atom stereocenters. The number of anilines is 2. The first-order valence-corrected chi connectivity index (χ1v) is 16.0. The number of nitrogens with one attached hydrogen (secondary N) is 1. The molecule has 3 aromatic carbocycles. The van der Waals surface area contributed by atoms with Gasteiger partial charge in [-0.2, -0.15) is 0 Å². The maximum Gasteiger partial charge on any atom is 0.412 e. The molecule has 242 valence electrons. The zero-order valence-electron chi connectivity index (χ0n) is 27.2. The molecule has 2 N–H and O–H groups in total. The van der Waals surface area contributed by atoms with Crippen molar-refractivity contribution in [2.75, 3.05) is 37.0 Å². The molecule has 9 heteroatoms. The van der Waals surface area contributed by atoms with Gasteiger partial charge in [-0.05, 0) is 106 Å². The van der Waals surface area contributed by atoms with Gasteiger partial charge in [-0.1, -0.05) is 27.2 Å². The number of hydrogen-bond acceptors (Lipinski definition) is 6. The van der Waals surface area contributed by atoms with Crippen molar-refractivity contribution in [3.63, 3.8) is 0 Å². The summed E-state index contributed by atoms with van der Waals surface area (Å²) < 4.78 is 17.9. The van der Waals surface area contributed by atoms with Crippen molar-refractivity contribution < 1.29 is 28.9 Å². The van der Waals surface area contributed by atoms with E-state index < -0.39 is 6.09 Å². The van der Waals surface area contributed by atoms with Crippen LogP contribution in [0.1, 0.15) is 75.2 Å². The number of amides is 2. The Hall–Kier alpha value is -4.24. The van der Waals surface area contributed by atoms with Crippen LogP contribution in [-0.4, -0.2) is 60.9 Å². The minimum atomic E-state index is -1.01. The van der Waals surface area contributed by atoms with E-state index in [4.69, 9.17) is 14.2 Å². The summed E-state index contributed by atoms with van der Waals surface area (Å²) in [5, 5.41) is 12.8. The number of aryl methyl sites for hydroxylation is 1. The van der Waals surface area contributed by atoms with Gasteiger partial charge in [0.25, 0.3) is 5.91 Å². The largest absolute Gasteiger partial charge is 0.493 e. The van der Waals surface area contributed by atoms with Gasteiger partial charge < -0.3 is 29.5 Å². The number of piperidine rings is 1. The number of ether oxygens (including phenoxy) is 3. The predicted octanol–water partition coefficient (Wildman–Crippen LogP) is 8.36. The Balaban J connectivity index is 1.35. The highest BCUT2D eigenvalue weighted by molar-refractivity contribution is 6.04. The summed E-state index contributed by atoms with van der Waals surface area (Å²) in [4.78, 5) is 28.9. The molecule has 0 saturated carbocycles. The van der Waals surface area contributed by atoms with Crippen molar-refractivity contribution in [1.82, 2.24) is 4.90 Å². The Kier molecular flexibility index (Phi) is 12.1. The lowest BCUT2D eigenvalue weighted by molar-refractivity contribution is 0.0991. The third-order valence-electron chi connectivity index (χ3n) is 8.37. The van der Waals surface area contributed by atoms with Gasteiger partial charge in [0.2, 0.25) is 0 Å². The molecule has 1 fully saturated rings. The highest BCUT2D eigenvalue weighted by atomic mass is 16.5. The van der Waals surface area contributed by atoms with E-state index in [1.54, 1.807) is 48.5 Å². The second kappa shape index (κ2) is 16.2. The summed E-state index contributed by atoms with van der Waals surface area (Å²) in [5.74, 6) is 2.03. The molecule has 4 rings (SSSR count). The number of methoxy groups -OCH3 is 1. The highest BCUT2D eigenvalue weighted by Crippen LogP contribution is 2.36. The molecule has 2 amide bonds. The number of benzene rings is 3. The predicted molar refractivity (Wildman–Crippen MR) is 179 cm³/mol. The SMILES string of the molecule is CCCCN1CCC(Oc2ccc(C(=O)Nc3ccc(Oc4ccc(N(C(=O)O)C(CC)CC)cc4OC)cc3)cc2C)CC1. The normalized spacial score (nSPS) is 13.8. The number of rotatable bonds is 14. The van der Waals surface area contributed by atoms with Gasteiger partial charge in [0.15, 0.2) is 11.5 Å².